The average molecular weight is 248 g/mol. The van der Waals surface area contributed by atoms with Gasteiger partial charge in [0.05, 0.1) is 0 Å². The van der Waals surface area contributed by atoms with Gasteiger partial charge in [-0.1, -0.05) is 19.0 Å². The van der Waals surface area contributed by atoms with E-state index in [4.69, 9.17) is 4.52 Å². The summed E-state index contributed by atoms with van der Waals surface area (Å²) in [7, 11) is 0. The molecule has 2 aromatic heterocycles. The van der Waals surface area contributed by atoms with E-state index in [1.165, 1.54) is 0 Å². The molecule has 2 atom stereocenters. The van der Waals surface area contributed by atoms with Gasteiger partial charge in [0.1, 0.15) is 0 Å². The number of hydrogen-bond donors (Lipinski definition) is 0. The van der Waals surface area contributed by atoms with Crippen molar-refractivity contribution in [1.82, 2.24) is 19.9 Å². The van der Waals surface area contributed by atoms with Gasteiger partial charge in [0.25, 0.3) is 0 Å². The number of nitrogens with zero attached hydrogens (tertiary/aromatic N) is 4. The lowest BCUT2D eigenvalue weighted by Gasteiger charge is -2.09. The molecule has 5 heteroatoms. The van der Waals surface area contributed by atoms with Crippen LogP contribution in [0.3, 0.4) is 0 Å². The normalized spacial score (nSPS) is 14.6. The van der Waals surface area contributed by atoms with Gasteiger partial charge in [-0.15, -0.1) is 0 Å². The Morgan fingerprint density at radius 2 is 2.22 bits per heavy atom. The van der Waals surface area contributed by atoms with Crippen molar-refractivity contribution in [3.8, 4) is 0 Å². The molecule has 5 nitrogen and oxygen atoms in total. The Kier molecular flexibility index (Phi) is 4.12. The Hall–Kier alpha value is -1.65. The van der Waals surface area contributed by atoms with Crippen molar-refractivity contribution in [2.24, 2.45) is 0 Å². The van der Waals surface area contributed by atoms with E-state index < -0.39 is 0 Å². The van der Waals surface area contributed by atoms with Crippen LogP contribution in [-0.4, -0.2) is 19.9 Å². The van der Waals surface area contributed by atoms with Gasteiger partial charge in [0, 0.05) is 30.8 Å². The molecular formula is C13H20N4O. The van der Waals surface area contributed by atoms with Gasteiger partial charge >= 0.3 is 0 Å². The van der Waals surface area contributed by atoms with Crippen molar-refractivity contribution in [2.75, 3.05) is 0 Å². The summed E-state index contributed by atoms with van der Waals surface area (Å²) < 4.78 is 7.21. The molecule has 0 bridgehead atoms. The molecule has 0 amide bonds. The molecule has 18 heavy (non-hydrogen) atoms. The molecule has 0 aromatic carbocycles. The van der Waals surface area contributed by atoms with Crippen molar-refractivity contribution in [3.63, 3.8) is 0 Å². The lowest BCUT2D eigenvalue weighted by Crippen LogP contribution is -2.06. The Morgan fingerprint density at radius 1 is 1.39 bits per heavy atom. The van der Waals surface area contributed by atoms with Crippen LogP contribution < -0.4 is 0 Å². The highest BCUT2D eigenvalue weighted by atomic mass is 16.5. The Bertz CT molecular complexity index is 463. The van der Waals surface area contributed by atoms with Crippen molar-refractivity contribution in [2.45, 2.75) is 52.0 Å². The molecular weight excluding hydrogens is 228 g/mol. The van der Waals surface area contributed by atoms with Crippen LogP contribution in [0.5, 0.6) is 0 Å². The first-order valence-corrected chi connectivity index (χ1v) is 6.52. The van der Waals surface area contributed by atoms with Gasteiger partial charge in [-0.25, -0.2) is 0 Å². The van der Waals surface area contributed by atoms with E-state index in [2.05, 4.69) is 36.0 Å². The van der Waals surface area contributed by atoms with E-state index >= 15 is 0 Å². The maximum Gasteiger partial charge on any atom is 0.226 e. The summed E-state index contributed by atoms with van der Waals surface area (Å²) in [6.45, 7) is 6.38. The van der Waals surface area contributed by atoms with Crippen LogP contribution in [0.15, 0.2) is 23.0 Å². The molecule has 0 N–H and O–H groups in total. The smallest absolute Gasteiger partial charge is 0.226 e. The van der Waals surface area contributed by atoms with Gasteiger partial charge in [0.15, 0.2) is 5.82 Å². The van der Waals surface area contributed by atoms with Crippen LogP contribution in [0.4, 0.5) is 0 Å². The average Bonchev–Trinajstić information content (AvgIpc) is 3.05. The first-order chi connectivity index (χ1) is 8.70. The summed E-state index contributed by atoms with van der Waals surface area (Å²) in [6, 6.07) is 2.28. The molecule has 0 aliphatic carbocycles. The monoisotopic (exact) mass is 248 g/mol. The van der Waals surface area contributed by atoms with E-state index in [1.807, 2.05) is 16.9 Å². The maximum absolute atomic E-state index is 5.26. The summed E-state index contributed by atoms with van der Waals surface area (Å²) in [5, 5.41) is 8.24. The molecule has 2 unspecified atom stereocenters. The standard InChI is InChI=1S/C13H20N4O/c1-4-10(2)13-15-12(18-16-13)7-6-11(3)17-9-5-8-14-17/h5,8-11H,4,6-7H2,1-3H3. The Balaban J connectivity index is 1.88. The van der Waals surface area contributed by atoms with Crippen LogP contribution in [0, 0.1) is 0 Å². The molecule has 0 radical (unpaired) electrons. The minimum absolute atomic E-state index is 0.346. The summed E-state index contributed by atoms with van der Waals surface area (Å²) in [6.07, 6.45) is 6.55. The third-order valence-electron chi connectivity index (χ3n) is 3.29. The fourth-order valence-electron chi connectivity index (χ4n) is 1.76. The second-order valence-corrected chi connectivity index (χ2v) is 4.73. The molecule has 0 saturated heterocycles. The molecule has 0 aliphatic rings. The number of aromatic nitrogens is 4. The molecule has 0 fully saturated rings. The minimum Gasteiger partial charge on any atom is -0.339 e. The highest BCUT2D eigenvalue weighted by Crippen LogP contribution is 2.17. The van der Waals surface area contributed by atoms with E-state index in [-0.39, 0.29) is 0 Å². The first-order valence-electron chi connectivity index (χ1n) is 6.52. The number of hydrogen-bond acceptors (Lipinski definition) is 4. The van der Waals surface area contributed by atoms with Gasteiger partial charge < -0.3 is 4.52 Å². The zero-order valence-corrected chi connectivity index (χ0v) is 11.2. The molecule has 0 spiro atoms. The van der Waals surface area contributed by atoms with Gasteiger partial charge in [0.2, 0.25) is 5.89 Å². The van der Waals surface area contributed by atoms with E-state index in [9.17, 15) is 0 Å². The maximum atomic E-state index is 5.26. The van der Waals surface area contributed by atoms with Gasteiger partial charge in [-0.05, 0) is 25.8 Å². The number of aryl methyl sites for hydroxylation is 1. The second-order valence-electron chi connectivity index (χ2n) is 4.73. The second kappa shape index (κ2) is 5.80. The van der Waals surface area contributed by atoms with Gasteiger partial charge in [-0.3, -0.25) is 4.68 Å². The van der Waals surface area contributed by atoms with Crippen molar-refractivity contribution in [1.29, 1.82) is 0 Å². The molecule has 0 aliphatic heterocycles. The largest absolute Gasteiger partial charge is 0.339 e. The fourth-order valence-corrected chi connectivity index (χ4v) is 1.76. The third-order valence-corrected chi connectivity index (χ3v) is 3.29. The molecule has 2 rings (SSSR count). The Morgan fingerprint density at radius 3 is 2.89 bits per heavy atom. The molecule has 98 valence electrons. The highest BCUT2D eigenvalue weighted by Gasteiger charge is 2.13. The molecule has 0 saturated carbocycles. The van der Waals surface area contributed by atoms with Crippen molar-refractivity contribution in [3.05, 3.63) is 30.2 Å². The lowest BCUT2D eigenvalue weighted by atomic mass is 10.1. The van der Waals surface area contributed by atoms with E-state index in [0.29, 0.717) is 12.0 Å². The summed E-state index contributed by atoms with van der Waals surface area (Å²) in [5.74, 6) is 1.91. The minimum atomic E-state index is 0.346. The van der Waals surface area contributed by atoms with E-state index in [0.717, 1.165) is 31.0 Å². The van der Waals surface area contributed by atoms with Crippen LogP contribution in [0.25, 0.3) is 0 Å². The summed E-state index contributed by atoms with van der Waals surface area (Å²) in [4.78, 5) is 4.43. The molecule has 2 heterocycles. The third kappa shape index (κ3) is 2.97. The predicted molar refractivity (Wildman–Crippen MR) is 68.3 cm³/mol. The summed E-state index contributed by atoms with van der Waals surface area (Å²) in [5.41, 5.74) is 0. The zero-order chi connectivity index (χ0) is 13.0. The topological polar surface area (TPSA) is 56.7 Å². The van der Waals surface area contributed by atoms with Gasteiger partial charge in [-0.2, -0.15) is 10.1 Å². The summed E-state index contributed by atoms with van der Waals surface area (Å²) >= 11 is 0. The zero-order valence-electron chi connectivity index (χ0n) is 11.2. The first kappa shape index (κ1) is 12.8. The van der Waals surface area contributed by atoms with Crippen LogP contribution in [0.1, 0.15) is 57.3 Å². The number of rotatable bonds is 6. The Labute approximate surface area is 107 Å². The van der Waals surface area contributed by atoms with Crippen molar-refractivity contribution < 1.29 is 4.52 Å². The van der Waals surface area contributed by atoms with Crippen LogP contribution in [-0.2, 0) is 6.42 Å². The molecule has 2 aromatic rings. The van der Waals surface area contributed by atoms with Crippen molar-refractivity contribution >= 4 is 0 Å². The predicted octanol–water partition coefficient (Wildman–Crippen LogP) is 2.97. The SMILES string of the molecule is CCC(C)c1noc(CCC(C)n2cccn2)n1. The van der Waals surface area contributed by atoms with Crippen LogP contribution >= 0.6 is 0 Å². The van der Waals surface area contributed by atoms with Crippen LogP contribution in [0.2, 0.25) is 0 Å². The quantitative estimate of drug-likeness (QED) is 0.788. The van der Waals surface area contributed by atoms with E-state index in [1.54, 1.807) is 6.20 Å². The highest BCUT2D eigenvalue weighted by molar-refractivity contribution is 4.93. The fraction of sp³-hybridized carbons (Fsp3) is 0.615. The lowest BCUT2D eigenvalue weighted by molar-refractivity contribution is 0.353.